The van der Waals surface area contributed by atoms with Crippen LogP contribution >= 0.6 is 0 Å². The number of cyclic esters (lactones) is 1. The van der Waals surface area contributed by atoms with Crippen molar-refractivity contribution in [2.24, 2.45) is 0 Å². The third-order valence-electron chi connectivity index (χ3n) is 3.41. The number of fused-ring (bicyclic) bond motifs is 1. The highest BCUT2D eigenvalue weighted by atomic mass is 16.6. The van der Waals surface area contributed by atoms with Crippen LogP contribution in [0.4, 0.5) is 4.79 Å². The average molecular weight is 293 g/mol. The summed E-state index contributed by atoms with van der Waals surface area (Å²) in [7, 11) is 1.24. The summed E-state index contributed by atoms with van der Waals surface area (Å²) in [6.45, 7) is -4.66. The van der Waals surface area contributed by atoms with Crippen LogP contribution in [0.2, 0.25) is 0 Å². The minimum absolute atomic E-state index is 0.0458. The number of aromatic amines is 1. The van der Waals surface area contributed by atoms with Crippen LogP contribution in [-0.4, -0.2) is 49.1 Å². The van der Waals surface area contributed by atoms with Gasteiger partial charge in [0.15, 0.2) is 0 Å². The van der Waals surface area contributed by atoms with Crippen molar-refractivity contribution in [3.05, 3.63) is 35.5 Å². The van der Waals surface area contributed by atoms with Crippen molar-refractivity contribution in [2.75, 3.05) is 27.1 Å². The van der Waals surface area contributed by atoms with E-state index in [1.807, 2.05) is 18.2 Å². The molecule has 0 spiro atoms. The zero-order valence-electron chi connectivity index (χ0n) is 17.7. The fraction of sp³-hybridized carbons (Fsp3) is 0.438. The predicted octanol–water partition coefficient (Wildman–Crippen LogP) is 1.92. The van der Waals surface area contributed by atoms with Gasteiger partial charge in [0.25, 0.3) is 0 Å². The van der Waals surface area contributed by atoms with Crippen LogP contribution in [-0.2, 0) is 17.6 Å². The van der Waals surface area contributed by atoms with Gasteiger partial charge in [-0.25, -0.2) is 4.79 Å². The smallest absolute Gasteiger partial charge is 0.407 e. The Kier molecular flexibility index (Phi) is 2.32. The van der Waals surface area contributed by atoms with E-state index in [4.69, 9.17) is 13.0 Å². The molecule has 0 aliphatic carbocycles. The summed E-state index contributed by atoms with van der Waals surface area (Å²) < 4.78 is 51.6. The fourth-order valence-electron chi connectivity index (χ4n) is 2.40. The first kappa shape index (κ1) is 8.44. The molecule has 1 saturated heterocycles. The maximum Gasteiger partial charge on any atom is 0.407 e. The number of hydrogen-bond acceptors (Lipinski definition) is 3. The highest BCUT2D eigenvalue weighted by Crippen LogP contribution is 2.21. The van der Waals surface area contributed by atoms with Crippen molar-refractivity contribution < 1.29 is 17.8 Å². The van der Waals surface area contributed by atoms with Crippen LogP contribution in [0.25, 0.3) is 10.9 Å². The fourth-order valence-corrected chi connectivity index (χ4v) is 2.40. The molecule has 2 N–H and O–H groups in total. The van der Waals surface area contributed by atoms with E-state index in [9.17, 15) is 4.79 Å². The molecule has 112 valence electrons. The molecule has 1 aliphatic heterocycles. The maximum absolute atomic E-state index is 11.2. The number of alkyl carbamates (subject to hydrolysis) is 1. The van der Waals surface area contributed by atoms with Crippen molar-refractivity contribution in [3.63, 3.8) is 0 Å². The number of carbonyl (C=O) groups is 1. The summed E-state index contributed by atoms with van der Waals surface area (Å²) in [5, 5.41) is 3.23. The van der Waals surface area contributed by atoms with Gasteiger partial charge in [-0.2, -0.15) is 0 Å². The Bertz CT molecular complexity index is 865. The van der Waals surface area contributed by atoms with Crippen LogP contribution in [0.5, 0.6) is 0 Å². The topological polar surface area (TPSA) is 57.4 Å². The first-order chi connectivity index (χ1) is 12.4. The zero-order chi connectivity index (χ0) is 20.0. The standard InChI is InChI=1S/C16H21N3O2/c1-19(2)6-5-12-9-17-15-4-3-11(8-14(12)15)7-13-10-21-16(20)18-13/h3-4,8-9,13,17H,5-7,10H2,1-2H3,(H,18,20)/t13-/m0/s1/i1D3,6D2,13D. The lowest BCUT2D eigenvalue weighted by atomic mass is 10.0. The van der Waals surface area contributed by atoms with Crippen molar-refractivity contribution in [3.8, 4) is 0 Å². The van der Waals surface area contributed by atoms with E-state index in [0.29, 0.717) is 5.56 Å². The molecule has 0 saturated carbocycles. The maximum atomic E-state index is 11.2. The van der Waals surface area contributed by atoms with E-state index in [0.717, 1.165) is 21.4 Å². The second-order valence-electron chi connectivity index (χ2n) is 5.07. The Hall–Kier alpha value is -2.01. The lowest BCUT2D eigenvalue weighted by Crippen LogP contribution is -2.28. The second-order valence-corrected chi connectivity index (χ2v) is 5.07. The van der Waals surface area contributed by atoms with E-state index in [2.05, 4.69) is 10.3 Å². The van der Waals surface area contributed by atoms with Crippen molar-refractivity contribution >= 4 is 17.0 Å². The number of nitrogens with zero attached hydrogens (tertiary/aromatic N) is 1. The molecule has 0 radical (unpaired) electrons. The summed E-state index contributed by atoms with van der Waals surface area (Å²) in [4.78, 5) is 15.0. The van der Waals surface area contributed by atoms with Crippen LogP contribution < -0.4 is 5.32 Å². The quantitative estimate of drug-likeness (QED) is 0.885. The van der Waals surface area contributed by atoms with Crippen molar-refractivity contribution in [1.82, 2.24) is 15.2 Å². The molecule has 1 fully saturated rings. The number of likely N-dealkylation sites (N-methyl/N-ethyl adjacent to an activating group) is 1. The number of rotatable bonds is 5. The molecule has 3 rings (SSSR count). The van der Waals surface area contributed by atoms with Crippen LogP contribution in [0.15, 0.2) is 24.4 Å². The highest BCUT2D eigenvalue weighted by Gasteiger charge is 2.22. The first-order valence-corrected chi connectivity index (χ1v) is 6.67. The Morgan fingerprint density at radius 1 is 1.62 bits per heavy atom. The summed E-state index contributed by atoms with van der Waals surface area (Å²) in [6.07, 6.45) is 1.17. The molecule has 1 amide bonds. The molecular formula is C16H21N3O2. The molecule has 21 heavy (non-hydrogen) atoms. The summed E-state index contributed by atoms with van der Waals surface area (Å²) >= 11 is 0. The minimum atomic E-state index is -2.54. The van der Waals surface area contributed by atoms with E-state index < -0.39 is 25.6 Å². The Morgan fingerprint density at radius 3 is 3.29 bits per heavy atom. The van der Waals surface area contributed by atoms with E-state index >= 15 is 0 Å². The molecule has 5 heteroatoms. The largest absolute Gasteiger partial charge is 0.447 e. The number of hydrogen-bond donors (Lipinski definition) is 2. The van der Waals surface area contributed by atoms with Gasteiger partial charge >= 0.3 is 6.09 Å². The molecule has 2 heterocycles. The summed E-state index contributed by atoms with van der Waals surface area (Å²) in [5.41, 5.74) is 2.21. The highest BCUT2D eigenvalue weighted by molar-refractivity contribution is 5.84. The number of carbonyl (C=O) groups excluding carboxylic acids is 1. The lowest BCUT2D eigenvalue weighted by molar-refractivity contribution is 0.177. The Balaban J connectivity index is 1.86. The third kappa shape index (κ3) is 3.19. The van der Waals surface area contributed by atoms with E-state index in [-0.39, 0.29) is 19.4 Å². The van der Waals surface area contributed by atoms with Crippen LogP contribution in [0.3, 0.4) is 0 Å². The van der Waals surface area contributed by atoms with Gasteiger partial charge in [-0.05, 0) is 50.1 Å². The molecule has 1 aromatic heterocycles. The zero-order valence-corrected chi connectivity index (χ0v) is 11.7. The minimum Gasteiger partial charge on any atom is -0.447 e. The molecule has 2 aromatic rings. The molecule has 1 aromatic carbocycles. The second kappa shape index (κ2) is 5.77. The van der Waals surface area contributed by atoms with E-state index in [1.165, 1.54) is 7.05 Å². The predicted molar refractivity (Wildman–Crippen MR) is 82.5 cm³/mol. The van der Waals surface area contributed by atoms with Gasteiger partial charge < -0.3 is 19.9 Å². The SMILES string of the molecule is [2H]C([2H])([2H])N(C)C([2H])([2H])Cc1c[nH]c2ccc(C[C@@]3([2H])COC(=O)N3)cc12. The van der Waals surface area contributed by atoms with Gasteiger partial charge in [-0.1, -0.05) is 6.07 Å². The molecule has 0 bridgehead atoms. The van der Waals surface area contributed by atoms with Gasteiger partial charge in [-0.15, -0.1) is 0 Å². The van der Waals surface area contributed by atoms with Gasteiger partial charge in [0.05, 0.1) is 7.39 Å². The molecule has 1 atom stereocenters. The van der Waals surface area contributed by atoms with Gasteiger partial charge in [0.1, 0.15) is 6.61 Å². The average Bonchev–Trinajstić information content (AvgIpc) is 3.08. The molecule has 0 unspecified atom stereocenters. The third-order valence-corrected chi connectivity index (χ3v) is 3.41. The van der Waals surface area contributed by atoms with Crippen LogP contribution in [0.1, 0.15) is 19.4 Å². The number of ether oxygens (including phenoxy) is 1. The normalized spacial score (nSPS) is 27.2. The van der Waals surface area contributed by atoms with Crippen LogP contribution in [0, 0.1) is 0 Å². The van der Waals surface area contributed by atoms with E-state index in [1.54, 1.807) is 6.20 Å². The molecule has 5 nitrogen and oxygen atoms in total. The van der Waals surface area contributed by atoms with Gasteiger partial charge in [-0.3, -0.25) is 0 Å². The number of amides is 1. The first-order valence-electron chi connectivity index (χ1n) is 9.67. The van der Waals surface area contributed by atoms with Crippen molar-refractivity contribution in [1.29, 1.82) is 0 Å². The van der Waals surface area contributed by atoms with Gasteiger partial charge in [0, 0.05) is 30.5 Å². The number of H-pyrrole nitrogens is 1. The molecule has 1 aliphatic rings. The number of aryl methyl sites for hydroxylation is 1. The Morgan fingerprint density at radius 2 is 2.52 bits per heavy atom. The Labute approximate surface area is 132 Å². The number of benzene rings is 1. The van der Waals surface area contributed by atoms with Gasteiger partial charge in [0.2, 0.25) is 0 Å². The summed E-state index contributed by atoms with van der Waals surface area (Å²) in [5.74, 6) is 0. The lowest BCUT2D eigenvalue weighted by Gasteiger charge is -2.09. The molecular weight excluding hydrogens is 266 g/mol. The monoisotopic (exact) mass is 293 g/mol. The summed E-state index contributed by atoms with van der Waals surface area (Å²) in [6, 6.07) is 4.23. The van der Waals surface area contributed by atoms with Crippen molar-refractivity contribution in [2.45, 2.75) is 18.9 Å². The number of nitrogens with one attached hydrogen (secondary N) is 2. The number of aromatic nitrogens is 1.